The number of carboxylic acids is 1. The maximum absolute atomic E-state index is 12.0. The number of H-pyrrole nitrogens is 1. The molecule has 1 atom stereocenters. The Balaban J connectivity index is 0.000000641. The van der Waals surface area contributed by atoms with Gasteiger partial charge in [0.1, 0.15) is 5.82 Å². The molecule has 1 unspecified atom stereocenters. The van der Waals surface area contributed by atoms with E-state index in [2.05, 4.69) is 36.2 Å². The third kappa shape index (κ3) is 9.49. The van der Waals surface area contributed by atoms with Crippen LogP contribution in [0, 0.1) is 0 Å². The van der Waals surface area contributed by atoms with E-state index in [0.717, 1.165) is 16.9 Å². The van der Waals surface area contributed by atoms with E-state index in [9.17, 15) is 13.8 Å². The first-order valence-corrected chi connectivity index (χ1v) is 13.0. The second-order valence-electron chi connectivity index (χ2n) is 7.54. The number of nitrogens with one attached hydrogen (secondary N) is 3. The summed E-state index contributed by atoms with van der Waals surface area (Å²) in [6.45, 7) is 4.12. The van der Waals surface area contributed by atoms with Gasteiger partial charge >= 0.3 is 11.9 Å². The number of esters is 1. The van der Waals surface area contributed by atoms with Crippen LogP contribution >= 0.6 is 0 Å². The zero-order chi connectivity index (χ0) is 25.8. The molecule has 0 spiro atoms. The average molecular weight is 502 g/mol. The molecule has 0 fully saturated rings. The highest BCUT2D eigenvalue weighted by molar-refractivity contribution is 7.99. The average Bonchev–Trinajstić information content (AvgIpc) is 3.32. The SMILES string of the molecule is C=S(C)(=O)c1ccc(Nc2ncc(-c3ccc[nH]3)c(NCCCC(=O)O)n2)cc1.CCOC(C)=O. The van der Waals surface area contributed by atoms with Crippen LogP contribution in [0.4, 0.5) is 17.5 Å². The first-order valence-electron chi connectivity index (χ1n) is 10.9. The zero-order valence-electron chi connectivity index (χ0n) is 20.0. The van der Waals surface area contributed by atoms with E-state index in [4.69, 9.17) is 5.11 Å². The molecule has 4 N–H and O–H groups in total. The number of aromatic amines is 1. The Labute approximate surface area is 205 Å². The van der Waals surface area contributed by atoms with Crippen LogP contribution in [0.5, 0.6) is 0 Å². The van der Waals surface area contributed by atoms with E-state index >= 15 is 0 Å². The Hall–Kier alpha value is -3.86. The molecule has 3 aromatic rings. The molecule has 1 aromatic carbocycles. The summed E-state index contributed by atoms with van der Waals surface area (Å²) in [5, 5.41) is 15.1. The first kappa shape index (κ1) is 27.4. The van der Waals surface area contributed by atoms with Crippen molar-refractivity contribution in [2.75, 3.05) is 30.0 Å². The number of nitrogens with zero attached hydrogens (tertiary/aromatic N) is 2. The van der Waals surface area contributed by atoms with E-state index in [1.807, 2.05) is 18.3 Å². The largest absolute Gasteiger partial charge is 0.481 e. The molecule has 3 rings (SSSR count). The highest BCUT2D eigenvalue weighted by Gasteiger charge is 2.11. The number of hydrogen-bond acceptors (Lipinski definition) is 8. The topological polar surface area (TPSA) is 146 Å². The fourth-order valence-electron chi connectivity index (χ4n) is 2.88. The fourth-order valence-corrected chi connectivity index (χ4v) is 3.59. The summed E-state index contributed by atoms with van der Waals surface area (Å²) in [5.74, 6) is 3.63. The molecule has 188 valence electrons. The van der Waals surface area contributed by atoms with Crippen molar-refractivity contribution in [1.29, 1.82) is 0 Å². The van der Waals surface area contributed by atoms with Crippen molar-refractivity contribution in [3.8, 4) is 11.3 Å². The summed E-state index contributed by atoms with van der Waals surface area (Å²) in [5.41, 5.74) is 2.39. The smallest absolute Gasteiger partial charge is 0.303 e. The minimum atomic E-state index is -2.26. The van der Waals surface area contributed by atoms with E-state index in [-0.39, 0.29) is 12.4 Å². The molecule has 2 aromatic heterocycles. The van der Waals surface area contributed by atoms with Crippen LogP contribution in [-0.4, -0.2) is 61.5 Å². The van der Waals surface area contributed by atoms with Gasteiger partial charge in [-0.3, -0.25) is 13.8 Å². The molecule has 0 radical (unpaired) electrons. The number of aromatic nitrogens is 3. The quantitative estimate of drug-likeness (QED) is 0.185. The molecule has 0 saturated heterocycles. The predicted octanol–water partition coefficient (Wildman–Crippen LogP) is 3.77. The maximum Gasteiger partial charge on any atom is 0.303 e. The number of rotatable bonds is 10. The van der Waals surface area contributed by atoms with Crippen molar-refractivity contribution < 1.29 is 23.6 Å². The second kappa shape index (κ2) is 13.1. The maximum atomic E-state index is 12.0. The van der Waals surface area contributed by atoms with Crippen molar-refractivity contribution >= 4 is 44.8 Å². The molecule has 0 saturated carbocycles. The Morgan fingerprint density at radius 3 is 2.46 bits per heavy atom. The van der Waals surface area contributed by atoms with Gasteiger partial charge in [0.15, 0.2) is 0 Å². The highest BCUT2D eigenvalue weighted by atomic mass is 32.2. The molecule has 0 bridgehead atoms. The van der Waals surface area contributed by atoms with Gasteiger partial charge in [-0.15, -0.1) is 0 Å². The molecule has 11 heteroatoms. The Morgan fingerprint density at radius 1 is 1.23 bits per heavy atom. The van der Waals surface area contributed by atoms with E-state index < -0.39 is 15.5 Å². The van der Waals surface area contributed by atoms with Crippen LogP contribution < -0.4 is 10.6 Å². The molecule has 35 heavy (non-hydrogen) atoms. The monoisotopic (exact) mass is 501 g/mol. The Kier molecular flexibility index (Phi) is 10.3. The number of ether oxygens (including phenoxy) is 1. The molecular formula is C24H31N5O5S. The summed E-state index contributed by atoms with van der Waals surface area (Å²) >= 11 is 0. The van der Waals surface area contributed by atoms with Crippen LogP contribution in [0.1, 0.15) is 26.7 Å². The van der Waals surface area contributed by atoms with Gasteiger partial charge in [0.25, 0.3) is 0 Å². The van der Waals surface area contributed by atoms with Gasteiger partial charge in [0, 0.05) is 49.1 Å². The summed E-state index contributed by atoms with van der Waals surface area (Å²) in [6, 6.07) is 10.9. The van der Waals surface area contributed by atoms with Gasteiger partial charge in [0.2, 0.25) is 5.95 Å². The number of carbonyl (C=O) groups excluding carboxylic acids is 1. The zero-order valence-corrected chi connectivity index (χ0v) is 20.9. The molecule has 10 nitrogen and oxygen atoms in total. The number of hydrogen-bond donors (Lipinski definition) is 4. The van der Waals surface area contributed by atoms with Crippen LogP contribution in [0.2, 0.25) is 0 Å². The van der Waals surface area contributed by atoms with E-state index in [1.165, 1.54) is 6.92 Å². The van der Waals surface area contributed by atoms with Crippen LogP contribution in [-0.2, 0) is 23.8 Å². The lowest BCUT2D eigenvalue weighted by Crippen LogP contribution is -2.09. The van der Waals surface area contributed by atoms with Gasteiger partial charge < -0.3 is 25.5 Å². The van der Waals surface area contributed by atoms with Crippen molar-refractivity contribution in [1.82, 2.24) is 15.0 Å². The Morgan fingerprint density at radius 2 is 1.94 bits per heavy atom. The lowest BCUT2D eigenvalue weighted by molar-refractivity contribution is -0.140. The second-order valence-corrected chi connectivity index (χ2v) is 10.0. The molecule has 0 amide bonds. The summed E-state index contributed by atoms with van der Waals surface area (Å²) in [4.78, 5) is 33.3. The van der Waals surface area contributed by atoms with Gasteiger partial charge in [-0.05, 0) is 65.1 Å². The fraction of sp³-hybridized carbons (Fsp3) is 0.292. The van der Waals surface area contributed by atoms with Crippen LogP contribution in [0.3, 0.4) is 0 Å². The van der Waals surface area contributed by atoms with Gasteiger partial charge in [-0.1, -0.05) is 0 Å². The normalized spacial score (nSPS) is 12.0. The first-order chi connectivity index (χ1) is 16.6. The lowest BCUT2D eigenvalue weighted by atomic mass is 10.2. The van der Waals surface area contributed by atoms with Crippen molar-refractivity contribution in [2.45, 2.75) is 31.6 Å². The molecule has 0 aliphatic heterocycles. The van der Waals surface area contributed by atoms with Crippen LogP contribution in [0.15, 0.2) is 53.7 Å². The van der Waals surface area contributed by atoms with Crippen LogP contribution in [0.25, 0.3) is 11.3 Å². The van der Waals surface area contributed by atoms with E-state index in [0.29, 0.717) is 36.2 Å². The van der Waals surface area contributed by atoms with Crippen molar-refractivity contribution in [2.24, 2.45) is 0 Å². The minimum Gasteiger partial charge on any atom is -0.481 e. The number of carbonyl (C=O) groups is 2. The third-order valence-corrected chi connectivity index (χ3v) is 5.76. The minimum absolute atomic E-state index is 0.0836. The predicted molar refractivity (Wildman–Crippen MR) is 139 cm³/mol. The molecular weight excluding hydrogens is 470 g/mol. The molecule has 0 aliphatic carbocycles. The number of anilines is 3. The molecule has 2 heterocycles. The van der Waals surface area contributed by atoms with Gasteiger partial charge in [-0.25, -0.2) is 4.98 Å². The van der Waals surface area contributed by atoms with Crippen molar-refractivity contribution in [3.05, 3.63) is 48.8 Å². The summed E-state index contributed by atoms with van der Waals surface area (Å²) in [6.07, 6.45) is 5.67. The standard InChI is InChI=1S/C20H23N5O3S.C4H8O2/c1-29(2,28)15-9-7-14(8-10-15)24-20-23-13-16(17-5-3-11-21-17)19(25-20)22-12-4-6-18(26)27;1-3-6-4(2)5/h3,5,7-11,13,21H,1,4,6,12H2,2H3,(H,26,27)(H2,22,23,24,25);3H2,1-2H3. The highest BCUT2D eigenvalue weighted by Crippen LogP contribution is 2.26. The third-order valence-electron chi connectivity index (χ3n) is 4.49. The molecule has 0 aliphatic rings. The summed E-state index contributed by atoms with van der Waals surface area (Å²) < 4.78 is 16.4. The van der Waals surface area contributed by atoms with Gasteiger partial charge in [0.05, 0.1) is 17.9 Å². The number of carboxylic acid groups (broad SMARTS) is 1. The van der Waals surface area contributed by atoms with Crippen molar-refractivity contribution in [3.63, 3.8) is 0 Å². The Bertz CT molecular complexity index is 1210. The van der Waals surface area contributed by atoms with E-state index in [1.54, 1.807) is 43.6 Å². The lowest BCUT2D eigenvalue weighted by Gasteiger charge is -2.12. The van der Waals surface area contributed by atoms with Gasteiger partial charge in [-0.2, -0.15) is 4.98 Å². The number of aliphatic carboxylic acids is 1. The summed E-state index contributed by atoms with van der Waals surface area (Å²) in [7, 11) is -2.26. The number of benzene rings is 1.